The van der Waals surface area contributed by atoms with Crippen LogP contribution in [0.15, 0.2) is 35.2 Å². The monoisotopic (exact) mass is 295 g/mol. The SMILES string of the molecule is CCCc1cc(NS(=O)(=O)c2ccc(OC)cc2)n[nH]1. The van der Waals surface area contributed by atoms with Crippen molar-refractivity contribution < 1.29 is 13.2 Å². The molecule has 20 heavy (non-hydrogen) atoms. The molecule has 0 amide bonds. The summed E-state index contributed by atoms with van der Waals surface area (Å²) < 4.78 is 31.8. The van der Waals surface area contributed by atoms with Gasteiger partial charge in [0.15, 0.2) is 5.82 Å². The molecule has 0 aliphatic carbocycles. The molecule has 6 nitrogen and oxygen atoms in total. The highest BCUT2D eigenvalue weighted by atomic mass is 32.2. The molecule has 0 unspecified atom stereocenters. The predicted molar refractivity (Wildman–Crippen MR) is 76.4 cm³/mol. The van der Waals surface area contributed by atoms with E-state index in [1.807, 2.05) is 6.92 Å². The highest BCUT2D eigenvalue weighted by Gasteiger charge is 2.15. The summed E-state index contributed by atoms with van der Waals surface area (Å²) in [6.07, 6.45) is 1.80. The van der Waals surface area contributed by atoms with Gasteiger partial charge in [0.1, 0.15) is 5.75 Å². The van der Waals surface area contributed by atoms with E-state index in [0.717, 1.165) is 18.5 Å². The maximum atomic E-state index is 12.2. The van der Waals surface area contributed by atoms with Gasteiger partial charge in [0.2, 0.25) is 0 Å². The third-order valence-electron chi connectivity index (χ3n) is 2.76. The Morgan fingerprint density at radius 2 is 2.00 bits per heavy atom. The lowest BCUT2D eigenvalue weighted by Crippen LogP contribution is -2.13. The van der Waals surface area contributed by atoms with E-state index >= 15 is 0 Å². The van der Waals surface area contributed by atoms with Crippen LogP contribution in [0.25, 0.3) is 0 Å². The van der Waals surface area contributed by atoms with Gasteiger partial charge >= 0.3 is 0 Å². The van der Waals surface area contributed by atoms with Crippen LogP contribution in [0.4, 0.5) is 5.82 Å². The first-order valence-electron chi connectivity index (χ1n) is 6.26. The van der Waals surface area contributed by atoms with Crippen molar-refractivity contribution in [3.05, 3.63) is 36.0 Å². The van der Waals surface area contributed by atoms with Gasteiger partial charge in [0, 0.05) is 11.8 Å². The van der Waals surface area contributed by atoms with E-state index in [1.165, 1.54) is 19.2 Å². The Bertz CT molecular complexity index is 662. The van der Waals surface area contributed by atoms with E-state index in [1.54, 1.807) is 18.2 Å². The fourth-order valence-electron chi connectivity index (χ4n) is 1.76. The smallest absolute Gasteiger partial charge is 0.263 e. The number of nitrogens with zero attached hydrogens (tertiary/aromatic N) is 1. The lowest BCUT2D eigenvalue weighted by Gasteiger charge is -2.06. The first-order chi connectivity index (χ1) is 9.55. The Balaban J connectivity index is 2.16. The number of aromatic amines is 1. The summed E-state index contributed by atoms with van der Waals surface area (Å²) in [5.74, 6) is 0.901. The van der Waals surface area contributed by atoms with Crippen molar-refractivity contribution in [2.45, 2.75) is 24.7 Å². The summed E-state index contributed by atoms with van der Waals surface area (Å²) >= 11 is 0. The fraction of sp³-hybridized carbons (Fsp3) is 0.308. The lowest BCUT2D eigenvalue weighted by molar-refractivity contribution is 0.414. The van der Waals surface area contributed by atoms with Gasteiger partial charge in [-0.15, -0.1) is 0 Å². The number of ether oxygens (including phenoxy) is 1. The minimum atomic E-state index is -3.63. The van der Waals surface area contributed by atoms with Gasteiger partial charge in [-0.2, -0.15) is 5.10 Å². The molecule has 108 valence electrons. The zero-order valence-corrected chi connectivity index (χ0v) is 12.2. The van der Waals surface area contributed by atoms with E-state index < -0.39 is 10.0 Å². The number of anilines is 1. The zero-order valence-electron chi connectivity index (χ0n) is 11.4. The van der Waals surface area contributed by atoms with Gasteiger partial charge in [-0.3, -0.25) is 9.82 Å². The number of nitrogens with one attached hydrogen (secondary N) is 2. The Labute approximate surface area is 118 Å². The number of aryl methyl sites for hydroxylation is 1. The Morgan fingerprint density at radius 1 is 1.30 bits per heavy atom. The van der Waals surface area contributed by atoms with E-state index in [-0.39, 0.29) is 4.90 Å². The van der Waals surface area contributed by atoms with Crippen molar-refractivity contribution in [3.8, 4) is 5.75 Å². The molecule has 2 N–H and O–H groups in total. The normalized spacial score (nSPS) is 11.3. The molecule has 0 aliphatic rings. The predicted octanol–water partition coefficient (Wildman–Crippen LogP) is 2.17. The van der Waals surface area contributed by atoms with E-state index in [4.69, 9.17) is 4.74 Å². The average Bonchev–Trinajstić information content (AvgIpc) is 2.86. The highest BCUT2D eigenvalue weighted by Crippen LogP contribution is 2.18. The van der Waals surface area contributed by atoms with Crippen LogP contribution in [0.1, 0.15) is 19.0 Å². The fourth-order valence-corrected chi connectivity index (χ4v) is 2.75. The lowest BCUT2D eigenvalue weighted by atomic mass is 10.2. The zero-order chi connectivity index (χ0) is 14.6. The Kier molecular flexibility index (Phi) is 4.29. The molecule has 1 aromatic heterocycles. The number of aromatic nitrogens is 2. The number of hydrogen-bond donors (Lipinski definition) is 2. The largest absolute Gasteiger partial charge is 0.497 e. The second-order valence-electron chi connectivity index (χ2n) is 4.31. The second kappa shape index (κ2) is 5.96. The maximum absolute atomic E-state index is 12.2. The average molecular weight is 295 g/mol. The molecule has 2 rings (SSSR count). The molecule has 0 fully saturated rings. The molecule has 0 bridgehead atoms. The van der Waals surface area contributed by atoms with Crippen LogP contribution in [-0.4, -0.2) is 25.7 Å². The molecule has 1 heterocycles. The van der Waals surface area contributed by atoms with Crippen molar-refractivity contribution in [3.63, 3.8) is 0 Å². The molecule has 2 aromatic rings. The molecule has 0 saturated heterocycles. The minimum Gasteiger partial charge on any atom is -0.497 e. The summed E-state index contributed by atoms with van der Waals surface area (Å²) in [4.78, 5) is 0.165. The summed E-state index contributed by atoms with van der Waals surface area (Å²) in [5, 5.41) is 6.74. The molecule has 0 aliphatic heterocycles. The third-order valence-corrected chi connectivity index (χ3v) is 4.13. The molecule has 1 aromatic carbocycles. The molecule has 0 spiro atoms. The van der Waals surface area contributed by atoms with Crippen LogP contribution in [0.2, 0.25) is 0 Å². The van der Waals surface area contributed by atoms with Crippen molar-refractivity contribution in [2.75, 3.05) is 11.8 Å². The van der Waals surface area contributed by atoms with Crippen LogP contribution in [0.5, 0.6) is 5.75 Å². The van der Waals surface area contributed by atoms with Gasteiger partial charge in [0.25, 0.3) is 10.0 Å². The summed E-state index contributed by atoms with van der Waals surface area (Å²) in [6, 6.07) is 7.87. The molecular formula is C13H17N3O3S. The molecular weight excluding hydrogens is 278 g/mol. The summed E-state index contributed by atoms with van der Waals surface area (Å²) in [5.41, 5.74) is 0.903. The van der Waals surface area contributed by atoms with Crippen LogP contribution >= 0.6 is 0 Å². The molecule has 0 atom stereocenters. The van der Waals surface area contributed by atoms with E-state index in [0.29, 0.717) is 11.6 Å². The van der Waals surface area contributed by atoms with Gasteiger partial charge < -0.3 is 4.74 Å². The van der Waals surface area contributed by atoms with Gasteiger partial charge in [-0.25, -0.2) is 8.42 Å². The summed E-state index contributed by atoms with van der Waals surface area (Å²) in [6.45, 7) is 2.04. The van der Waals surface area contributed by atoms with E-state index in [2.05, 4.69) is 14.9 Å². The number of methoxy groups -OCH3 is 1. The number of H-pyrrole nitrogens is 1. The number of rotatable bonds is 6. The van der Waals surface area contributed by atoms with Crippen LogP contribution < -0.4 is 9.46 Å². The van der Waals surface area contributed by atoms with Crippen molar-refractivity contribution in [2.24, 2.45) is 0 Å². The van der Waals surface area contributed by atoms with Crippen molar-refractivity contribution >= 4 is 15.8 Å². The molecule has 0 saturated carbocycles. The van der Waals surface area contributed by atoms with Crippen molar-refractivity contribution in [1.82, 2.24) is 10.2 Å². The van der Waals surface area contributed by atoms with Gasteiger partial charge in [0.05, 0.1) is 12.0 Å². The Morgan fingerprint density at radius 3 is 2.60 bits per heavy atom. The van der Waals surface area contributed by atoms with Crippen LogP contribution in [0.3, 0.4) is 0 Å². The number of hydrogen-bond acceptors (Lipinski definition) is 4. The number of benzene rings is 1. The van der Waals surface area contributed by atoms with E-state index in [9.17, 15) is 8.42 Å². The first-order valence-corrected chi connectivity index (χ1v) is 7.74. The third kappa shape index (κ3) is 3.30. The van der Waals surface area contributed by atoms with Crippen LogP contribution in [-0.2, 0) is 16.4 Å². The van der Waals surface area contributed by atoms with Gasteiger partial charge in [-0.1, -0.05) is 13.3 Å². The van der Waals surface area contributed by atoms with Crippen molar-refractivity contribution in [1.29, 1.82) is 0 Å². The maximum Gasteiger partial charge on any atom is 0.263 e. The summed E-state index contributed by atoms with van der Waals surface area (Å²) in [7, 11) is -2.10. The molecule has 0 radical (unpaired) electrons. The number of sulfonamides is 1. The minimum absolute atomic E-state index is 0.165. The second-order valence-corrected chi connectivity index (χ2v) is 5.99. The van der Waals surface area contributed by atoms with Gasteiger partial charge in [-0.05, 0) is 30.7 Å². The standard InChI is InChI=1S/C13H17N3O3S/c1-3-4-10-9-13(15-14-10)16-20(17,18)12-7-5-11(19-2)6-8-12/h5-9H,3-4H2,1-2H3,(H2,14,15,16). The topological polar surface area (TPSA) is 84.1 Å². The Hall–Kier alpha value is -2.02. The quantitative estimate of drug-likeness (QED) is 0.855. The molecule has 7 heteroatoms. The van der Waals surface area contributed by atoms with Crippen LogP contribution in [0, 0.1) is 0 Å². The first kappa shape index (κ1) is 14.4. The highest BCUT2D eigenvalue weighted by molar-refractivity contribution is 7.92.